The molecule has 9 nitrogen and oxygen atoms in total. The molecule has 0 aliphatic heterocycles. The molecule has 9 heteroatoms. The van der Waals surface area contributed by atoms with Crippen molar-refractivity contribution >= 4 is 23.3 Å². The van der Waals surface area contributed by atoms with E-state index in [1.165, 1.54) is 24.3 Å². The van der Waals surface area contributed by atoms with Crippen molar-refractivity contribution in [3.63, 3.8) is 0 Å². The van der Waals surface area contributed by atoms with Crippen LogP contribution in [0.15, 0.2) is 34.7 Å². The molecule has 0 saturated heterocycles. The van der Waals surface area contributed by atoms with E-state index in [0.717, 1.165) is 0 Å². The van der Waals surface area contributed by atoms with E-state index in [2.05, 4.69) is 16.2 Å². The van der Waals surface area contributed by atoms with Crippen molar-refractivity contribution < 1.29 is 18.9 Å². The van der Waals surface area contributed by atoms with E-state index in [-0.39, 0.29) is 11.4 Å². The molecule has 2 aromatic rings. The number of amides is 3. The Morgan fingerprint density at radius 3 is 2.52 bits per heavy atom. The highest BCUT2D eigenvalue weighted by Gasteiger charge is 2.14. The molecule has 0 radical (unpaired) electrons. The largest absolute Gasteiger partial charge is 0.466 e. The number of anilines is 1. The summed E-state index contributed by atoms with van der Waals surface area (Å²) in [4.78, 5) is 33.6. The second-order valence-corrected chi connectivity index (χ2v) is 4.67. The van der Waals surface area contributed by atoms with E-state index in [0.29, 0.717) is 17.1 Å². The second kappa shape index (κ2) is 6.60. The molecule has 0 unspecified atom stereocenters. The molecule has 0 aliphatic rings. The zero-order chi connectivity index (χ0) is 17.0. The number of rotatable bonds is 3. The highest BCUT2D eigenvalue weighted by Crippen LogP contribution is 2.16. The van der Waals surface area contributed by atoms with E-state index in [1.807, 2.05) is 0 Å². The van der Waals surface area contributed by atoms with Crippen LogP contribution < -0.4 is 16.2 Å². The lowest BCUT2D eigenvalue weighted by molar-refractivity contribution is -0.384. The predicted molar refractivity (Wildman–Crippen MR) is 80.9 cm³/mol. The van der Waals surface area contributed by atoms with Crippen LogP contribution >= 0.6 is 0 Å². The molecular formula is C14H14N4O5. The lowest BCUT2D eigenvalue weighted by Gasteiger charge is -2.08. The summed E-state index contributed by atoms with van der Waals surface area (Å²) in [7, 11) is 0. The van der Waals surface area contributed by atoms with Crippen LogP contribution in [0.25, 0.3) is 0 Å². The number of benzene rings is 1. The second-order valence-electron chi connectivity index (χ2n) is 4.67. The molecule has 1 aromatic carbocycles. The van der Waals surface area contributed by atoms with E-state index < -0.39 is 16.9 Å². The minimum absolute atomic E-state index is 0.156. The molecule has 23 heavy (non-hydrogen) atoms. The van der Waals surface area contributed by atoms with Crippen LogP contribution in [0.2, 0.25) is 0 Å². The Labute approximate surface area is 130 Å². The highest BCUT2D eigenvalue weighted by atomic mass is 16.6. The van der Waals surface area contributed by atoms with E-state index in [4.69, 9.17) is 4.42 Å². The maximum atomic E-state index is 11.9. The summed E-state index contributed by atoms with van der Waals surface area (Å²) >= 11 is 0. The first-order valence-electron chi connectivity index (χ1n) is 6.55. The van der Waals surface area contributed by atoms with Crippen molar-refractivity contribution in [2.75, 3.05) is 5.32 Å². The number of carbonyl (C=O) groups is 2. The van der Waals surface area contributed by atoms with Gasteiger partial charge in [0.15, 0.2) is 0 Å². The summed E-state index contributed by atoms with van der Waals surface area (Å²) in [6, 6.07) is 6.23. The normalized spacial score (nSPS) is 10.0. The molecule has 2 rings (SSSR count). The molecule has 0 atom stereocenters. The monoisotopic (exact) mass is 318 g/mol. The van der Waals surface area contributed by atoms with Crippen LogP contribution in [-0.2, 0) is 0 Å². The van der Waals surface area contributed by atoms with Gasteiger partial charge in [-0.15, -0.1) is 0 Å². The number of nitrogens with one attached hydrogen (secondary N) is 3. The Bertz CT molecular complexity index is 768. The Morgan fingerprint density at radius 2 is 1.91 bits per heavy atom. The van der Waals surface area contributed by atoms with Gasteiger partial charge < -0.3 is 9.73 Å². The molecule has 0 bridgehead atoms. The Morgan fingerprint density at radius 1 is 1.17 bits per heavy atom. The van der Waals surface area contributed by atoms with Crippen molar-refractivity contribution in [2.24, 2.45) is 0 Å². The van der Waals surface area contributed by atoms with Gasteiger partial charge in [-0.25, -0.2) is 10.2 Å². The van der Waals surface area contributed by atoms with Gasteiger partial charge in [-0.1, -0.05) is 6.07 Å². The third-order valence-electron chi connectivity index (χ3n) is 2.89. The van der Waals surface area contributed by atoms with Crippen LogP contribution in [0.1, 0.15) is 21.9 Å². The number of hydrazine groups is 1. The van der Waals surface area contributed by atoms with Crippen molar-refractivity contribution in [3.05, 3.63) is 57.5 Å². The van der Waals surface area contributed by atoms with Crippen molar-refractivity contribution in [2.45, 2.75) is 13.8 Å². The summed E-state index contributed by atoms with van der Waals surface area (Å²) in [6.45, 7) is 3.33. The highest BCUT2D eigenvalue weighted by molar-refractivity contribution is 5.97. The average molecular weight is 318 g/mol. The lowest BCUT2D eigenvalue weighted by atomic mass is 10.2. The maximum absolute atomic E-state index is 11.9. The first-order chi connectivity index (χ1) is 10.9. The molecule has 0 spiro atoms. The molecule has 1 heterocycles. The van der Waals surface area contributed by atoms with Gasteiger partial charge in [-0.2, -0.15) is 0 Å². The molecule has 1 aromatic heterocycles. The van der Waals surface area contributed by atoms with Crippen molar-refractivity contribution in [3.8, 4) is 0 Å². The van der Waals surface area contributed by atoms with Gasteiger partial charge in [-0.3, -0.25) is 20.3 Å². The maximum Gasteiger partial charge on any atom is 0.337 e. The number of furan rings is 1. The minimum atomic E-state index is -0.739. The number of aryl methyl sites for hydroxylation is 2. The summed E-state index contributed by atoms with van der Waals surface area (Å²) < 4.78 is 5.22. The van der Waals surface area contributed by atoms with E-state index in [1.54, 1.807) is 19.9 Å². The van der Waals surface area contributed by atoms with Gasteiger partial charge in [0.2, 0.25) is 0 Å². The summed E-state index contributed by atoms with van der Waals surface area (Å²) in [5.41, 5.74) is 4.74. The Hall–Kier alpha value is -3.36. The fraction of sp³-hybridized carbons (Fsp3) is 0.143. The molecule has 3 N–H and O–H groups in total. The first-order valence-corrected chi connectivity index (χ1v) is 6.55. The first kappa shape index (κ1) is 16.0. The van der Waals surface area contributed by atoms with Crippen LogP contribution in [0.3, 0.4) is 0 Å². The fourth-order valence-electron chi connectivity index (χ4n) is 1.90. The number of urea groups is 1. The topological polar surface area (TPSA) is 127 Å². The third kappa shape index (κ3) is 4.06. The van der Waals surface area contributed by atoms with Gasteiger partial charge >= 0.3 is 6.03 Å². The van der Waals surface area contributed by atoms with Gasteiger partial charge in [0.05, 0.1) is 10.5 Å². The zero-order valence-electron chi connectivity index (χ0n) is 12.4. The van der Waals surface area contributed by atoms with Gasteiger partial charge in [0.1, 0.15) is 11.5 Å². The van der Waals surface area contributed by atoms with Crippen molar-refractivity contribution in [1.82, 2.24) is 10.9 Å². The number of non-ortho nitro benzene ring substituents is 1. The molecule has 0 aliphatic carbocycles. The zero-order valence-corrected chi connectivity index (χ0v) is 12.4. The molecule has 3 amide bonds. The number of hydrogen-bond acceptors (Lipinski definition) is 5. The van der Waals surface area contributed by atoms with Gasteiger partial charge in [0.25, 0.3) is 11.6 Å². The lowest BCUT2D eigenvalue weighted by Crippen LogP contribution is -2.44. The number of hydrogen-bond donors (Lipinski definition) is 3. The Balaban J connectivity index is 1.92. The van der Waals surface area contributed by atoms with Crippen LogP contribution in [0, 0.1) is 24.0 Å². The average Bonchev–Trinajstić information content (AvgIpc) is 2.84. The number of carbonyl (C=O) groups excluding carboxylic acids is 2. The van der Waals surface area contributed by atoms with Gasteiger partial charge in [0, 0.05) is 17.8 Å². The fourth-order valence-corrected chi connectivity index (χ4v) is 1.90. The molecular weight excluding hydrogens is 304 g/mol. The van der Waals surface area contributed by atoms with Crippen LogP contribution in [0.4, 0.5) is 16.2 Å². The third-order valence-corrected chi connectivity index (χ3v) is 2.89. The van der Waals surface area contributed by atoms with E-state index >= 15 is 0 Å². The smallest absolute Gasteiger partial charge is 0.337 e. The number of nitro groups is 1. The minimum Gasteiger partial charge on any atom is -0.466 e. The quantitative estimate of drug-likeness (QED) is 0.591. The SMILES string of the molecule is Cc1cc(C(=O)NNC(=O)Nc2cccc([N+](=O)[O-])c2)c(C)o1. The van der Waals surface area contributed by atoms with Gasteiger partial charge in [-0.05, 0) is 26.0 Å². The Kier molecular flexibility index (Phi) is 4.60. The van der Waals surface area contributed by atoms with Crippen molar-refractivity contribution in [1.29, 1.82) is 0 Å². The van der Waals surface area contributed by atoms with Crippen LogP contribution in [-0.4, -0.2) is 16.9 Å². The number of nitrogens with zero attached hydrogens (tertiary/aromatic N) is 1. The standard InChI is InChI=1S/C14H14N4O5/c1-8-6-12(9(2)23-8)13(19)16-17-14(20)15-10-4-3-5-11(7-10)18(21)22/h3-7H,1-2H3,(H,16,19)(H2,15,17,20). The van der Waals surface area contributed by atoms with E-state index in [9.17, 15) is 19.7 Å². The summed E-state index contributed by atoms with van der Waals surface area (Å²) in [5.74, 6) is 0.475. The molecule has 0 fully saturated rings. The summed E-state index contributed by atoms with van der Waals surface area (Å²) in [5, 5.41) is 13.0. The molecule has 120 valence electrons. The van der Waals surface area contributed by atoms with Crippen LogP contribution in [0.5, 0.6) is 0 Å². The number of nitro benzene ring substituents is 1. The summed E-state index contributed by atoms with van der Waals surface area (Å²) in [6.07, 6.45) is 0. The predicted octanol–water partition coefficient (Wildman–Crippen LogP) is 2.27. The molecule has 0 saturated carbocycles.